The van der Waals surface area contributed by atoms with E-state index in [-0.39, 0.29) is 23.6 Å². The van der Waals surface area contributed by atoms with Gasteiger partial charge in [0.1, 0.15) is 11.7 Å². The van der Waals surface area contributed by atoms with Crippen LogP contribution in [-0.4, -0.2) is 40.7 Å². The van der Waals surface area contributed by atoms with E-state index >= 15 is 0 Å². The molecule has 0 bridgehead atoms. The zero-order valence-electron chi connectivity index (χ0n) is 18.3. The molecule has 1 aliphatic rings. The Morgan fingerprint density at radius 3 is 2.61 bits per heavy atom. The lowest BCUT2D eigenvalue weighted by molar-refractivity contribution is 0.0734. The molecule has 0 radical (unpaired) electrons. The maximum atomic E-state index is 13.4. The fourth-order valence-corrected chi connectivity index (χ4v) is 4.70. The van der Waals surface area contributed by atoms with Crippen LogP contribution >= 0.6 is 11.3 Å². The number of carbonyl (C=O) groups is 1. The Bertz CT molecular complexity index is 1090. The first-order valence-corrected chi connectivity index (χ1v) is 11.9. The highest BCUT2D eigenvalue weighted by molar-refractivity contribution is 7.12. The van der Waals surface area contributed by atoms with Crippen LogP contribution in [0.1, 0.15) is 28.1 Å². The summed E-state index contributed by atoms with van der Waals surface area (Å²) in [5.41, 5.74) is 1.87. The van der Waals surface area contributed by atoms with Crippen molar-refractivity contribution in [3.63, 3.8) is 0 Å². The molecule has 3 aromatic rings. The highest BCUT2D eigenvalue weighted by Crippen LogP contribution is 2.23. The second-order valence-electron chi connectivity index (χ2n) is 8.02. The SMILES string of the molecule is N=C(/C=C\Nc1cccc(F)c1)N(C(=O)c1cccs1)C1CCN(Cc2ccccc2)CC1. The van der Waals surface area contributed by atoms with Gasteiger partial charge in [-0.05, 0) is 54.1 Å². The molecule has 2 heterocycles. The maximum Gasteiger partial charge on any atom is 0.269 e. The molecule has 1 saturated heterocycles. The van der Waals surface area contributed by atoms with E-state index in [0.29, 0.717) is 10.6 Å². The van der Waals surface area contributed by atoms with Gasteiger partial charge in [-0.3, -0.25) is 20.0 Å². The Morgan fingerprint density at radius 2 is 1.91 bits per heavy atom. The Labute approximate surface area is 197 Å². The van der Waals surface area contributed by atoms with E-state index in [9.17, 15) is 9.18 Å². The molecule has 170 valence electrons. The van der Waals surface area contributed by atoms with Gasteiger partial charge >= 0.3 is 0 Å². The summed E-state index contributed by atoms with van der Waals surface area (Å²) in [6.45, 7) is 2.62. The zero-order chi connectivity index (χ0) is 23.0. The number of benzene rings is 2. The minimum Gasteiger partial charge on any atom is -0.361 e. The molecular formula is C26H27FN4OS. The summed E-state index contributed by atoms with van der Waals surface area (Å²) in [5, 5.41) is 13.5. The molecule has 1 aliphatic heterocycles. The van der Waals surface area contributed by atoms with E-state index in [2.05, 4.69) is 34.5 Å². The third-order valence-electron chi connectivity index (χ3n) is 5.70. The van der Waals surface area contributed by atoms with Gasteiger partial charge in [0.05, 0.1) is 4.88 Å². The number of nitrogens with zero attached hydrogens (tertiary/aromatic N) is 2. The number of hydrogen-bond acceptors (Lipinski definition) is 5. The fourth-order valence-electron chi connectivity index (χ4n) is 4.04. The van der Waals surface area contributed by atoms with Crippen molar-refractivity contribution in [1.29, 1.82) is 5.41 Å². The predicted molar refractivity (Wildman–Crippen MR) is 132 cm³/mol. The van der Waals surface area contributed by atoms with Crippen LogP contribution in [0.25, 0.3) is 0 Å². The number of halogens is 1. The lowest BCUT2D eigenvalue weighted by Crippen LogP contribution is -2.49. The van der Waals surface area contributed by atoms with Gasteiger partial charge in [-0.25, -0.2) is 4.39 Å². The summed E-state index contributed by atoms with van der Waals surface area (Å²) in [5.74, 6) is -0.356. The summed E-state index contributed by atoms with van der Waals surface area (Å²) in [4.78, 5) is 17.9. The molecule has 0 unspecified atom stereocenters. The molecule has 33 heavy (non-hydrogen) atoms. The summed E-state index contributed by atoms with van der Waals surface area (Å²) in [7, 11) is 0. The molecule has 4 rings (SSSR count). The first-order chi connectivity index (χ1) is 16.1. The second-order valence-corrected chi connectivity index (χ2v) is 8.97. The van der Waals surface area contributed by atoms with Crippen LogP contribution in [0.3, 0.4) is 0 Å². The number of likely N-dealkylation sites (tertiary alicyclic amines) is 1. The number of rotatable bonds is 7. The predicted octanol–water partition coefficient (Wildman–Crippen LogP) is 5.60. The van der Waals surface area contributed by atoms with Crippen LogP contribution in [-0.2, 0) is 6.54 Å². The van der Waals surface area contributed by atoms with E-state index in [1.54, 1.807) is 35.4 Å². The van der Waals surface area contributed by atoms with Crippen molar-refractivity contribution in [3.8, 4) is 0 Å². The lowest BCUT2D eigenvalue weighted by atomic mass is 10.0. The molecule has 2 aromatic carbocycles. The summed E-state index contributed by atoms with van der Waals surface area (Å²) in [6.07, 6.45) is 4.75. The summed E-state index contributed by atoms with van der Waals surface area (Å²) in [6, 6.07) is 20.1. The highest BCUT2D eigenvalue weighted by atomic mass is 32.1. The van der Waals surface area contributed by atoms with Gasteiger partial charge in [-0.1, -0.05) is 42.5 Å². The number of thiophene rings is 1. The Morgan fingerprint density at radius 1 is 1.12 bits per heavy atom. The molecule has 0 aliphatic carbocycles. The Kier molecular flexibility index (Phi) is 7.65. The standard InChI is InChI=1S/C26H27FN4OS/c27-21-8-4-9-22(18-21)29-14-11-25(28)31(26(32)24-10-5-17-33-24)23-12-15-30(16-13-23)19-20-6-2-1-3-7-20/h1-11,14,17-18,23,28-29H,12-13,15-16,19H2/b14-11-,28-25?. The molecule has 7 heteroatoms. The fraction of sp³-hybridized carbons (Fsp3) is 0.231. The van der Waals surface area contributed by atoms with Gasteiger partial charge in [0.25, 0.3) is 5.91 Å². The normalized spacial score (nSPS) is 14.9. The van der Waals surface area contributed by atoms with Crippen LogP contribution in [0.15, 0.2) is 84.4 Å². The minimum atomic E-state index is -0.333. The highest BCUT2D eigenvalue weighted by Gasteiger charge is 2.31. The Balaban J connectivity index is 1.43. The molecule has 1 aromatic heterocycles. The molecule has 1 fully saturated rings. The van der Waals surface area contributed by atoms with E-state index in [1.807, 2.05) is 17.5 Å². The average Bonchev–Trinajstić information content (AvgIpc) is 3.36. The number of amides is 1. The van der Waals surface area contributed by atoms with Gasteiger partial charge in [-0.15, -0.1) is 11.3 Å². The number of anilines is 1. The first kappa shape index (κ1) is 22.9. The first-order valence-electron chi connectivity index (χ1n) is 11.0. The molecule has 5 nitrogen and oxygen atoms in total. The van der Waals surface area contributed by atoms with Crippen LogP contribution in [0.4, 0.5) is 10.1 Å². The maximum absolute atomic E-state index is 13.4. The number of hydrogen-bond donors (Lipinski definition) is 2. The van der Waals surface area contributed by atoms with Crippen molar-refractivity contribution in [3.05, 3.63) is 101 Å². The van der Waals surface area contributed by atoms with Crippen LogP contribution in [0.5, 0.6) is 0 Å². The number of piperidine rings is 1. The topological polar surface area (TPSA) is 59.4 Å². The van der Waals surface area contributed by atoms with Crippen molar-refractivity contribution < 1.29 is 9.18 Å². The van der Waals surface area contributed by atoms with E-state index in [0.717, 1.165) is 32.5 Å². The van der Waals surface area contributed by atoms with Crippen LogP contribution < -0.4 is 5.32 Å². The van der Waals surface area contributed by atoms with Crippen molar-refractivity contribution in [2.24, 2.45) is 0 Å². The van der Waals surface area contributed by atoms with Crippen molar-refractivity contribution in [1.82, 2.24) is 9.80 Å². The van der Waals surface area contributed by atoms with Gasteiger partial charge in [0.15, 0.2) is 0 Å². The quantitative estimate of drug-likeness (QED) is 0.355. The number of carbonyl (C=O) groups excluding carboxylic acids is 1. The van der Waals surface area contributed by atoms with Gasteiger partial charge < -0.3 is 5.32 Å². The van der Waals surface area contributed by atoms with Crippen LogP contribution in [0, 0.1) is 11.2 Å². The number of nitrogens with one attached hydrogen (secondary N) is 2. The van der Waals surface area contributed by atoms with E-state index in [4.69, 9.17) is 5.41 Å². The molecule has 2 N–H and O–H groups in total. The van der Waals surface area contributed by atoms with Crippen molar-refractivity contribution in [2.75, 3.05) is 18.4 Å². The van der Waals surface area contributed by atoms with E-state index in [1.165, 1.54) is 29.0 Å². The van der Waals surface area contributed by atoms with Crippen molar-refractivity contribution >= 4 is 28.8 Å². The molecule has 0 spiro atoms. The van der Waals surface area contributed by atoms with Gasteiger partial charge in [-0.2, -0.15) is 0 Å². The summed E-state index contributed by atoms with van der Waals surface area (Å²) >= 11 is 1.39. The average molecular weight is 463 g/mol. The molecule has 0 saturated carbocycles. The Hall–Kier alpha value is -3.29. The van der Waals surface area contributed by atoms with E-state index < -0.39 is 0 Å². The summed E-state index contributed by atoms with van der Waals surface area (Å²) < 4.78 is 13.4. The second kappa shape index (κ2) is 11.0. The van der Waals surface area contributed by atoms with Gasteiger partial charge in [0.2, 0.25) is 0 Å². The third kappa shape index (κ3) is 6.15. The lowest BCUT2D eigenvalue weighted by Gasteiger charge is -2.38. The molecular weight excluding hydrogens is 435 g/mol. The molecule has 0 atom stereocenters. The number of amidine groups is 1. The zero-order valence-corrected chi connectivity index (χ0v) is 19.1. The molecule has 1 amide bonds. The van der Waals surface area contributed by atoms with Gasteiger partial charge in [0, 0.05) is 37.6 Å². The third-order valence-corrected chi connectivity index (χ3v) is 6.56. The van der Waals surface area contributed by atoms with Crippen LogP contribution in [0.2, 0.25) is 0 Å². The minimum absolute atomic E-state index is 0.0436. The monoisotopic (exact) mass is 462 g/mol. The van der Waals surface area contributed by atoms with Crippen molar-refractivity contribution in [2.45, 2.75) is 25.4 Å². The smallest absolute Gasteiger partial charge is 0.269 e. The largest absolute Gasteiger partial charge is 0.361 e.